The number of benzene rings is 2. The number of piperidine rings is 1. The molecular weight excluding hydrogens is 456 g/mol. The van der Waals surface area contributed by atoms with Gasteiger partial charge in [0.25, 0.3) is 0 Å². The van der Waals surface area contributed by atoms with Crippen LogP contribution in [0.3, 0.4) is 0 Å². The van der Waals surface area contributed by atoms with E-state index in [-0.39, 0.29) is 11.9 Å². The van der Waals surface area contributed by atoms with Gasteiger partial charge in [-0.25, -0.2) is 4.79 Å². The van der Waals surface area contributed by atoms with Crippen LogP contribution in [0.1, 0.15) is 38.4 Å². The summed E-state index contributed by atoms with van der Waals surface area (Å²) in [6, 6.07) is 8.74. The van der Waals surface area contributed by atoms with E-state index in [1.54, 1.807) is 49.6 Å². The Labute approximate surface area is 204 Å². The number of H-pyrrole nitrogens is 1. The highest BCUT2D eigenvalue weighted by atomic mass is 35.5. The number of hydrogen-bond acceptors (Lipinski definition) is 5. The van der Waals surface area contributed by atoms with E-state index in [2.05, 4.69) is 29.4 Å². The summed E-state index contributed by atoms with van der Waals surface area (Å²) in [5.74, 6) is 1.44. The number of urea groups is 1. The van der Waals surface area contributed by atoms with E-state index in [0.29, 0.717) is 35.3 Å². The van der Waals surface area contributed by atoms with Crippen molar-refractivity contribution in [3.63, 3.8) is 0 Å². The molecule has 1 atom stereocenters. The minimum absolute atomic E-state index is 0.166. The van der Waals surface area contributed by atoms with Crippen molar-refractivity contribution < 1.29 is 19.4 Å². The van der Waals surface area contributed by atoms with Crippen LogP contribution in [0.4, 0.5) is 10.5 Å². The van der Waals surface area contributed by atoms with Crippen molar-refractivity contribution in [1.29, 1.82) is 0 Å². The third kappa shape index (κ3) is 4.79. The number of nitrogens with zero attached hydrogens (tertiary/aromatic N) is 2. The van der Waals surface area contributed by atoms with Gasteiger partial charge in [-0.05, 0) is 36.3 Å². The molecule has 3 aromatic rings. The number of methoxy groups -OCH3 is 2. The molecule has 1 aliphatic heterocycles. The summed E-state index contributed by atoms with van der Waals surface area (Å²) in [6.45, 7) is 5.35. The summed E-state index contributed by atoms with van der Waals surface area (Å²) in [5.41, 5.74) is 1.74. The molecule has 2 heterocycles. The molecule has 34 heavy (non-hydrogen) atoms. The summed E-state index contributed by atoms with van der Waals surface area (Å²) in [5, 5.41) is 22.9. The molecule has 0 saturated carbocycles. The number of halogens is 1. The lowest BCUT2D eigenvalue weighted by Gasteiger charge is -2.43. The smallest absolute Gasteiger partial charge is 0.321 e. The van der Waals surface area contributed by atoms with Crippen molar-refractivity contribution in [2.75, 3.05) is 32.6 Å². The van der Waals surface area contributed by atoms with Gasteiger partial charge in [0.15, 0.2) is 0 Å². The Bertz CT molecular complexity index is 1150. The lowest BCUT2D eigenvalue weighted by atomic mass is 9.68. The van der Waals surface area contributed by atoms with Crippen LogP contribution in [-0.2, 0) is 0 Å². The average molecular weight is 487 g/mol. The van der Waals surface area contributed by atoms with Gasteiger partial charge in [-0.15, -0.1) is 0 Å². The molecule has 2 aromatic carbocycles. The van der Waals surface area contributed by atoms with Gasteiger partial charge in [-0.3, -0.25) is 5.10 Å². The molecule has 0 aliphatic carbocycles. The number of ether oxygens (including phenoxy) is 2. The molecule has 1 aliphatic rings. The van der Waals surface area contributed by atoms with Crippen molar-refractivity contribution in [1.82, 2.24) is 15.1 Å². The molecule has 182 valence electrons. The number of aliphatic hydroxyl groups is 1. The van der Waals surface area contributed by atoms with E-state index < -0.39 is 11.5 Å². The lowest BCUT2D eigenvalue weighted by molar-refractivity contribution is -0.0138. The molecule has 4 rings (SSSR count). The Morgan fingerprint density at radius 2 is 1.82 bits per heavy atom. The minimum Gasteiger partial charge on any atom is -0.497 e. The third-order valence-corrected chi connectivity index (χ3v) is 7.20. The highest BCUT2D eigenvalue weighted by molar-refractivity contribution is 6.31. The Hall–Kier alpha value is -2.97. The van der Waals surface area contributed by atoms with Gasteiger partial charge in [0.2, 0.25) is 0 Å². The number of hydrogen-bond donors (Lipinski definition) is 3. The molecule has 1 saturated heterocycles. The van der Waals surface area contributed by atoms with E-state index in [1.807, 2.05) is 6.07 Å². The fraction of sp³-hybridized carbons (Fsp3) is 0.440. The molecule has 0 radical (unpaired) electrons. The second-order valence-corrected chi connectivity index (χ2v) is 9.78. The quantitative estimate of drug-likeness (QED) is 0.442. The number of carbonyl (C=O) groups excluding carboxylic acids is 1. The molecule has 1 unspecified atom stereocenters. The average Bonchev–Trinajstić information content (AvgIpc) is 3.31. The lowest BCUT2D eigenvalue weighted by Crippen LogP contribution is -2.45. The fourth-order valence-electron chi connectivity index (χ4n) is 4.80. The predicted molar refractivity (Wildman–Crippen MR) is 133 cm³/mol. The van der Waals surface area contributed by atoms with Gasteiger partial charge in [0, 0.05) is 52.9 Å². The second-order valence-electron chi connectivity index (χ2n) is 9.35. The first-order chi connectivity index (χ1) is 16.2. The third-order valence-electron chi connectivity index (χ3n) is 6.98. The molecule has 3 N–H and O–H groups in total. The Kier molecular flexibility index (Phi) is 6.91. The normalized spacial score (nSPS) is 15.9. The first-order valence-electron chi connectivity index (χ1n) is 11.3. The standard InChI is InChI=1S/C25H31ClN4O4/c1-25(2,23(31)21-10-17(26)9-15-14-27-29-22(15)21)16-5-7-30(8-6-16)24(32)28-18-11-19(33-3)13-20(12-18)34-4/h9-14,16,23,31H,5-8H2,1-4H3,(H,27,29)(H,28,32). The molecular formula is C25H31ClN4O4. The molecule has 9 heteroatoms. The van der Waals surface area contributed by atoms with Crippen LogP contribution in [0.25, 0.3) is 10.9 Å². The van der Waals surface area contributed by atoms with Gasteiger partial charge >= 0.3 is 6.03 Å². The first-order valence-corrected chi connectivity index (χ1v) is 11.7. The SMILES string of the molecule is COc1cc(NC(=O)N2CCC(C(C)(C)C(O)c3cc(Cl)cc4cn[nH]c34)CC2)cc(OC)c1. The van der Waals surface area contributed by atoms with Crippen LogP contribution in [0.15, 0.2) is 36.5 Å². The Balaban J connectivity index is 1.42. The maximum Gasteiger partial charge on any atom is 0.321 e. The largest absolute Gasteiger partial charge is 0.497 e. The van der Waals surface area contributed by atoms with Gasteiger partial charge in [0.05, 0.1) is 32.0 Å². The number of fused-ring (bicyclic) bond motifs is 1. The molecule has 1 aromatic heterocycles. The van der Waals surface area contributed by atoms with Crippen LogP contribution in [-0.4, -0.2) is 53.5 Å². The summed E-state index contributed by atoms with van der Waals surface area (Å²) < 4.78 is 10.6. The Morgan fingerprint density at radius 1 is 1.18 bits per heavy atom. The van der Waals surface area contributed by atoms with E-state index in [4.69, 9.17) is 21.1 Å². The van der Waals surface area contributed by atoms with E-state index in [0.717, 1.165) is 29.3 Å². The zero-order chi connectivity index (χ0) is 24.5. The second kappa shape index (κ2) is 9.72. The highest BCUT2D eigenvalue weighted by Crippen LogP contribution is 2.46. The molecule has 2 amide bonds. The number of nitrogens with one attached hydrogen (secondary N) is 2. The van der Waals surface area contributed by atoms with Crippen molar-refractivity contribution >= 4 is 34.2 Å². The number of aromatic nitrogens is 2. The summed E-state index contributed by atoms with van der Waals surface area (Å²) in [4.78, 5) is 14.7. The monoisotopic (exact) mass is 486 g/mol. The molecule has 8 nitrogen and oxygen atoms in total. The number of aliphatic hydroxyl groups excluding tert-OH is 1. The van der Waals surface area contributed by atoms with Gasteiger partial charge in [-0.1, -0.05) is 25.4 Å². The van der Waals surface area contributed by atoms with Gasteiger partial charge < -0.3 is 24.8 Å². The topological polar surface area (TPSA) is 99.7 Å². The summed E-state index contributed by atoms with van der Waals surface area (Å²) in [7, 11) is 3.14. The zero-order valence-electron chi connectivity index (χ0n) is 19.9. The van der Waals surface area contributed by atoms with Crippen LogP contribution in [0.2, 0.25) is 5.02 Å². The van der Waals surface area contributed by atoms with Crippen molar-refractivity contribution in [3.8, 4) is 11.5 Å². The zero-order valence-corrected chi connectivity index (χ0v) is 20.6. The Morgan fingerprint density at radius 3 is 2.44 bits per heavy atom. The summed E-state index contributed by atoms with van der Waals surface area (Å²) in [6.07, 6.45) is 2.54. The van der Waals surface area contributed by atoms with Crippen molar-refractivity contribution in [2.45, 2.75) is 32.8 Å². The maximum atomic E-state index is 12.9. The number of likely N-dealkylation sites (tertiary alicyclic amines) is 1. The van der Waals surface area contributed by atoms with Crippen LogP contribution in [0.5, 0.6) is 11.5 Å². The van der Waals surface area contributed by atoms with E-state index in [9.17, 15) is 9.90 Å². The molecule has 0 bridgehead atoms. The van der Waals surface area contributed by atoms with Gasteiger partial charge in [0.1, 0.15) is 11.5 Å². The van der Waals surface area contributed by atoms with Crippen LogP contribution < -0.4 is 14.8 Å². The molecule has 1 fully saturated rings. The van der Waals surface area contributed by atoms with E-state index >= 15 is 0 Å². The number of aromatic amines is 1. The van der Waals surface area contributed by atoms with Crippen molar-refractivity contribution in [3.05, 3.63) is 47.1 Å². The number of anilines is 1. The van der Waals surface area contributed by atoms with E-state index in [1.165, 1.54) is 0 Å². The van der Waals surface area contributed by atoms with Gasteiger partial charge in [-0.2, -0.15) is 5.10 Å². The maximum absolute atomic E-state index is 12.9. The van der Waals surface area contributed by atoms with Crippen LogP contribution >= 0.6 is 11.6 Å². The predicted octanol–water partition coefficient (Wildman–Crippen LogP) is 5.24. The van der Waals surface area contributed by atoms with Crippen LogP contribution in [0, 0.1) is 11.3 Å². The first kappa shape index (κ1) is 24.2. The highest BCUT2D eigenvalue weighted by Gasteiger charge is 2.40. The fourth-order valence-corrected chi connectivity index (χ4v) is 5.03. The molecule has 0 spiro atoms. The number of carbonyl (C=O) groups is 1. The summed E-state index contributed by atoms with van der Waals surface area (Å²) >= 11 is 6.30. The van der Waals surface area contributed by atoms with Crippen molar-refractivity contribution in [2.24, 2.45) is 11.3 Å². The number of amides is 2. The number of rotatable bonds is 6. The minimum atomic E-state index is -0.733.